The van der Waals surface area contributed by atoms with E-state index in [1.165, 1.54) is 13.2 Å². The molecule has 0 heterocycles. The van der Waals surface area contributed by atoms with Gasteiger partial charge in [0.05, 0.1) is 7.11 Å². The Kier molecular flexibility index (Phi) is 3.73. The van der Waals surface area contributed by atoms with Gasteiger partial charge in [-0.2, -0.15) is 0 Å². The summed E-state index contributed by atoms with van der Waals surface area (Å²) in [7, 11) is 3.29. The first-order chi connectivity index (χ1) is 6.79. The summed E-state index contributed by atoms with van der Waals surface area (Å²) in [5, 5.41) is 2.86. The lowest BCUT2D eigenvalue weighted by Crippen LogP contribution is -2.02. The van der Waals surface area contributed by atoms with Gasteiger partial charge in [0, 0.05) is 12.6 Å². The van der Waals surface area contributed by atoms with Crippen LogP contribution < -0.4 is 15.5 Å². The van der Waals surface area contributed by atoms with Gasteiger partial charge in [0.15, 0.2) is 5.75 Å². The molecular formula is C11H13NO2. The van der Waals surface area contributed by atoms with E-state index < -0.39 is 0 Å². The third-order valence-electron chi connectivity index (χ3n) is 1.75. The SMILES string of the molecule is CN/C=C/c1ccccc(=O)c1OC. The minimum atomic E-state index is -0.117. The molecular weight excluding hydrogens is 178 g/mol. The number of methoxy groups -OCH3 is 1. The van der Waals surface area contributed by atoms with Gasteiger partial charge in [-0.3, -0.25) is 4.79 Å². The quantitative estimate of drug-likeness (QED) is 0.781. The Balaban J connectivity index is 3.28. The van der Waals surface area contributed by atoms with Gasteiger partial charge in [0.2, 0.25) is 5.43 Å². The molecule has 0 spiro atoms. The fourth-order valence-electron chi connectivity index (χ4n) is 1.12. The molecule has 1 aromatic carbocycles. The molecule has 0 aliphatic carbocycles. The molecule has 0 saturated heterocycles. The van der Waals surface area contributed by atoms with Crippen LogP contribution in [-0.2, 0) is 0 Å². The molecule has 0 aliphatic rings. The fraction of sp³-hybridized carbons (Fsp3) is 0.182. The average Bonchev–Trinajstić information content (AvgIpc) is 2.36. The summed E-state index contributed by atoms with van der Waals surface area (Å²) in [6, 6.07) is 6.81. The van der Waals surface area contributed by atoms with E-state index in [2.05, 4.69) is 5.32 Å². The van der Waals surface area contributed by atoms with Crippen LogP contribution in [0.3, 0.4) is 0 Å². The molecule has 14 heavy (non-hydrogen) atoms. The van der Waals surface area contributed by atoms with Crippen molar-refractivity contribution in [3.63, 3.8) is 0 Å². The van der Waals surface area contributed by atoms with Crippen molar-refractivity contribution in [2.24, 2.45) is 0 Å². The summed E-state index contributed by atoms with van der Waals surface area (Å²) in [5.41, 5.74) is 0.644. The Labute approximate surface area is 83.0 Å². The second kappa shape index (κ2) is 5.07. The maximum atomic E-state index is 11.5. The van der Waals surface area contributed by atoms with Crippen LogP contribution in [0.5, 0.6) is 5.75 Å². The van der Waals surface area contributed by atoms with Crippen molar-refractivity contribution >= 4 is 6.08 Å². The molecule has 1 N–H and O–H groups in total. The van der Waals surface area contributed by atoms with Crippen LogP contribution in [0.4, 0.5) is 0 Å². The van der Waals surface area contributed by atoms with Crippen molar-refractivity contribution in [2.75, 3.05) is 14.2 Å². The molecule has 0 aliphatic heterocycles. The minimum absolute atomic E-state index is 0.117. The smallest absolute Gasteiger partial charge is 0.220 e. The number of hydrogen-bond acceptors (Lipinski definition) is 3. The zero-order valence-corrected chi connectivity index (χ0v) is 8.28. The number of hydrogen-bond donors (Lipinski definition) is 1. The highest BCUT2D eigenvalue weighted by Gasteiger charge is 2.00. The van der Waals surface area contributed by atoms with Gasteiger partial charge >= 0.3 is 0 Å². The lowest BCUT2D eigenvalue weighted by Gasteiger charge is -1.98. The molecule has 3 nitrogen and oxygen atoms in total. The third-order valence-corrected chi connectivity index (χ3v) is 1.75. The number of ether oxygens (including phenoxy) is 1. The number of rotatable bonds is 3. The molecule has 0 bridgehead atoms. The summed E-state index contributed by atoms with van der Waals surface area (Å²) in [4.78, 5) is 11.5. The number of nitrogens with one attached hydrogen (secondary N) is 1. The molecule has 0 aromatic heterocycles. The molecule has 0 amide bonds. The van der Waals surface area contributed by atoms with Gasteiger partial charge in [-0.25, -0.2) is 0 Å². The molecule has 0 radical (unpaired) electrons. The Hall–Kier alpha value is -1.77. The maximum Gasteiger partial charge on any atom is 0.220 e. The molecule has 3 heteroatoms. The standard InChI is InChI=1S/C11H13NO2/c1-12-8-7-9-5-3-4-6-10(13)11(9)14-2/h3-8,12H,1-2H3/b8-7+. The van der Waals surface area contributed by atoms with Crippen molar-refractivity contribution in [3.8, 4) is 5.75 Å². The molecule has 0 unspecified atom stereocenters. The molecule has 0 saturated carbocycles. The van der Waals surface area contributed by atoms with Crippen LogP contribution in [0.25, 0.3) is 6.08 Å². The van der Waals surface area contributed by atoms with Crippen LogP contribution in [0, 0.1) is 0 Å². The lowest BCUT2D eigenvalue weighted by atomic mass is 10.2. The predicted octanol–water partition coefficient (Wildman–Crippen LogP) is 1.25. The summed E-state index contributed by atoms with van der Waals surface area (Å²) in [6.07, 6.45) is 3.54. The van der Waals surface area contributed by atoms with E-state index >= 15 is 0 Å². The van der Waals surface area contributed by atoms with Crippen LogP contribution in [0.2, 0.25) is 0 Å². The minimum Gasteiger partial charge on any atom is -0.492 e. The summed E-state index contributed by atoms with van der Waals surface area (Å²) >= 11 is 0. The van der Waals surface area contributed by atoms with Gasteiger partial charge < -0.3 is 10.1 Å². The van der Waals surface area contributed by atoms with Crippen LogP contribution in [-0.4, -0.2) is 14.2 Å². The first kappa shape index (κ1) is 10.3. The van der Waals surface area contributed by atoms with Gasteiger partial charge in [0.25, 0.3) is 0 Å². The van der Waals surface area contributed by atoms with Gasteiger partial charge in [-0.15, -0.1) is 0 Å². The van der Waals surface area contributed by atoms with Crippen molar-refractivity contribution in [2.45, 2.75) is 0 Å². The summed E-state index contributed by atoms with van der Waals surface area (Å²) in [6.45, 7) is 0. The molecule has 1 rings (SSSR count). The highest BCUT2D eigenvalue weighted by molar-refractivity contribution is 5.56. The lowest BCUT2D eigenvalue weighted by molar-refractivity contribution is 0.410. The Morgan fingerprint density at radius 3 is 2.71 bits per heavy atom. The van der Waals surface area contributed by atoms with Gasteiger partial charge in [-0.05, 0) is 18.3 Å². The van der Waals surface area contributed by atoms with Crippen molar-refractivity contribution < 1.29 is 4.74 Å². The monoisotopic (exact) mass is 191 g/mol. The normalized spacial score (nSPS) is 10.1. The van der Waals surface area contributed by atoms with E-state index in [0.29, 0.717) is 5.75 Å². The van der Waals surface area contributed by atoms with E-state index in [1.54, 1.807) is 31.5 Å². The average molecular weight is 191 g/mol. The largest absolute Gasteiger partial charge is 0.492 e. The first-order valence-electron chi connectivity index (χ1n) is 4.30. The predicted molar refractivity (Wildman–Crippen MR) is 57.4 cm³/mol. The second-order valence-electron chi connectivity index (χ2n) is 2.69. The Morgan fingerprint density at radius 2 is 2.07 bits per heavy atom. The highest BCUT2D eigenvalue weighted by Crippen LogP contribution is 2.12. The van der Waals surface area contributed by atoms with E-state index in [4.69, 9.17) is 4.74 Å². The fourth-order valence-corrected chi connectivity index (χ4v) is 1.12. The third kappa shape index (κ3) is 2.36. The molecule has 74 valence electrons. The van der Waals surface area contributed by atoms with Crippen LogP contribution >= 0.6 is 0 Å². The van der Waals surface area contributed by atoms with Crippen molar-refractivity contribution in [3.05, 3.63) is 46.3 Å². The van der Waals surface area contributed by atoms with Crippen LogP contribution in [0.1, 0.15) is 5.56 Å². The zero-order chi connectivity index (χ0) is 10.4. The first-order valence-corrected chi connectivity index (χ1v) is 4.30. The molecule has 0 fully saturated rings. The maximum absolute atomic E-state index is 11.5. The van der Waals surface area contributed by atoms with E-state index in [1.807, 2.05) is 6.07 Å². The van der Waals surface area contributed by atoms with E-state index in [9.17, 15) is 4.79 Å². The summed E-state index contributed by atoms with van der Waals surface area (Å²) < 4.78 is 5.04. The van der Waals surface area contributed by atoms with Gasteiger partial charge in [0.1, 0.15) is 0 Å². The summed E-state index contributed by atoms with van der Waals surface area (Å²) in [5.74, 6) is 0.363. The van der Waals surface area contributed by atoms with E-state index in [0.717, 1.165) is 5.56 Å². The van der Waals surface area contributed by atoms with Crippen molar-refractivity contribution in [1.29, 1.82) is 0 Å². The van der Waals surface area contributed by atoms with Crippen molar-refractivity contribution in [1.82, 2.24) is 5.32 Å². The Morgan fingerprint density at radius 1 is 1.36 bits per heavy atom. The van der Waals surface area contributed by atoms with E-state index in [-0.39, 0.29) is 5.43 Å². The highest BCUT2D eigenvalue weighted by atomic mass is 16.5. The van der Waals surface area contributed by atoms with Crippen LogP contribution in [0.15, 0.2) is 35.3 Å². The molecule has 0 atom stereocenters. The topological polar surface area (TPSA) is 38.3 Å². The Bertz CT molecular complexity index is 385. The zero-order valence-electron chi connectivity index (χ0n) is 8.28. The van der Waals surface area contributed by atoms with Gasteiger partial charge in [-0.1, -0.05) is 18.2 Å². The molecule has 1 aromatic rings. The second-order valence-corrected chi connectivity index (χ2v) is 2.69.